The molecule has 0 spiro atoms. The largest absolute Gasteiger partial charge is 0.475 e. The molecule has 0 saturated heterocycles. The van der Waals surface area contributed by atoms with Gasteiger partial charge in [0.2, 0.25) is 5.76 Å². The van der Waals surface area contributed by atoms with Crippen LogP contribution in [0.5, 0.6) is 0 Å². The lowest BCUT2D eigenvalue weighted by molar-refractivity contribution is 0.0660. The van der Waals surface area contributed by atoms with Gasteiger partial charge in [0.05, 0.1) is 17.1 Å². The van der Waals surface area contributed by atoms with E-state index in [4.69, 9.17) is 21.1 Å². The van der Waals surface area contributed by atoms with Gasteiger partial charge in [-0.1, -0.05) is 11.6 Å². The summed E-state index contributed by atoms with van der Waals surface area (Å²) in [7, 11) is 1.52. The highest BCUT2D eigenvalue weighted by molar-refractivity contribution is 6.34. The second kappa shape index (κ2) is 6.32. The minimum absolute atomic E-state index is 0.117. The summed E-state index contributed by atoms with van der Waals surface area (Å²) in [5.41, 5.74) is 1.03. The second-order valence-electron chi connectivity index (χ2n) is 4.20. The molecule has 0 aliphatic carbocycles. The number of carbonyl (C=O) groups excluding carboxylic acids is 1. The maximum atomic E-state index is 11.6. The van der Waals surface area contributed by atoms with E-state index < -0.39 is 5.97 Å². The summed E-state index contributed by atoms with van der Waals surface area (Å²) in [5.74, 6) is -1.04. The SMILES string of the molecule is CNC(=O)c1cc(NCc2ccc(C(=O)O)o2)ccc1Cl. The van der Waals surface area contributed by atoms with Gasteiger partial charge in [-0.25, -0.2) is 4.79 Å². The normalized spacial score (nSPS) is 10.2. The molecule has 3 N–H and O–H groups in total. The van der Waals surface area contributed by atoms with E-state index in [0.717, 1.165) is 0 Å². The number of rotatable bonds is 5. The monoisotopic (exact) mass is 308 g/mol. The number of carboxylic acid groups (broad SMARTS) is 1. The topological polar surface area (TPSA) is 91.6 Å². The molecule has 0 atom stereocenters. The summed E-state index contributed by atoms with van der Waals surface area (Å²) in [4.78, 5) is 22.3. The van der Waals surface area contributed by atoms with Gasteiger partial charge in [-0.2, -0.15) is 0 Å². The predicted molar refractivity (Wildman–Crippen MR) is 77.8 cm³/mol. The van der Waals surface area contributed by atoms with E-state index in [2.05, 4.69) is 10.6 Å². The van der Waals surface area contributed by atoms with Gasteiger partial charge in [0.15, 0.2) is 0 Å². The van der Waals surface area contributed by atoms with Gasteiger partial charge in [0.25, 0.3) is 5.91 Å². The number of carboxylic acids is 1. The summed E-state index contributed by atoms with van der Waals surface area (Å²) < 4.78 is 5.12. The summed E-state index contributed by atoms with van der Waals surface area (Å²) in [6.07, 6.45) is 0. The Morgan fingerprint density at radius 1 is 1.29 bits per heavy atom. The van der Waals surface area contributed by atoms with Gasteiger partial charge >= 0.3 is 5.97 Å². The molecule has 0 saturated carbocycles. The molecule has 0 unspecified atom stereocenters. The second-order valence-corrected chi connectivity index (χ2v) is 4.61. The van der Waals surface area contributed by atoms with Crippen LogP contribution in [0, 0.1) is 0 Å². The van der Waals surface area contributed by atoms with Gasteiger partial charge in [-0.3, -0.25) is 4.79 Å². The zero-order valence-electron chi connectivity index (χ0n) is 11.1. The van der Waals surface area contributed by atoms with Crippen LogP contribution in [0.1, 0.15) is 26.7 Å². The first-order chi connectivity index (χ1) is 10.0. The average Bonchev–Trinajstić information content (AvgIpc) is 2.94. The first-order valence-electron chi connectivity index (χ1n) is 6.08. The molecule has 0 fully saturated rings. The van der Waals surface area contributed by atoms with E-state index in [1.165, 1.54) is 13.1 Å². The summed E-state index contributed by atoms with van der Waals surface area (Å²) in [6.45, 7) is 0.294. The molecule has 6 nitrogen and oxygen atoms in total. The fraction of sp³-hybridized carbons (Fsp3) is 0.143. The van der Waals surface area contributed by atoms with Crippen molar-refractivity contribution in [3.8, 4) is 0 Å². The number of furan rings is 1. The summed E-state index contributed by atoms with van der Waals surface area (Å²) in [6, 6.07) is 7.90. The highest BCUT2D eigenvalue weighted by Crippen LogP contribution is 2.21. The molecule has 0 aliphatic heterocycles. The maximum Gasteiger partial charge on any atom is 0.371 e. The Balaban J connectivity index is 2.09. The van der Waals surface area contributed by atoms with Crippen molar-refractivity contribution in [3.05, 3.63) is 52.4 Å². The molecule has 0 aliphatic rings. The fourth-order valence-electron chi connectivity index (χ4n) is 1.72. The van der Waals surface area contributed by atoms with Crippen LogP contribution in [0.2, 0.25) is 5.02 Å². The molecule has 21 heavy (non-hydrogen) atoms. The molecular formula is C14H13ClN2O4. The Bertz CT molecular complexity index is 681. The zero-order valence-corrected chi connectivity index (χ0v) is 11.9. The lowest BCUT2D eigenvalue weighted by Crippen LogP contribution is -2.18. The molecule has 2 rings (SSSR count). The van der Waals surface area contributed by atoms with E-state index in [1.807, 2.05) is 0 Å². The van der Waals surface area contributed by atoms with Crippen LogP contribution >= 0.6 is 11.6 Å². The van der Waals surface area contributed by atoms with Crippen molar-refractivity contribution in [3.63, 3.8) is 0 Å². The predicted octanol–water partition coefficient (Wildman–Crippen LogP) is 2.60. The molecule has 1 heterocycles. The number of halogens is 1. The number of benzene rings is 1. The van der Waals surface area contributed by atoms with Crippen molar-refractivity contribution in [2.24, 2.45) is 0 Å². The van der Waals surface area contributed by atoms with E-state index in [1.54, 1.807) is 24.3 Å². The van der Waals surface area contributed by atoms with Crippen LogP contribution in [-0.4, -0.2) is 24.0 Å². The van der Waals surface area contributed by atoms with Crippen molar-refractivity contribution in [1.29, 1.82) is 0 Å². The van der Waals surface area contributed by atoms with Gasteiger partial charge in [-0.15, -0.1) is 0 Å². The zero-order chi connectivity index (χ0) is 15.4. The van der Waals surface area contributed by atoms with Gasteiger partial charge in [-0.05, 0) is 30.3 Å². The number of anilines is 1. The highest BCUT2D eigenvalue weighted by Gasteiger charge is 2.11. The van der Waals surface area contributed by atoms with Crippen molar-refractivity contribution < 1.29 is 19.1 Å². The van der Waals surface area contributed by atoms with Gasteiger partial charge in [0.1, 0.15) is 5.76 Å². The third-order valence-electron chi connectivity index (χ3n) is 2.78. The van der Waals surface area contributed by atoms with Gasteiger partial charge < -0.3 is 20.2 Å². The summed E-state index contributed by atoms with van der Waals surface area (Å²) >= 11 is 5.95. The lowest BCUT2D eigenvalue weighted by atomic mass is 10.2. The molecule has 0 radical (unpaired) electrons. The Hall–Kier alpha value is -2.47. The quantitative estimate of drug-likeness (QED) is 0.789. The Morgan fingerprint density at radius 3 is 2.67 bits per heavy atom. The maximum absolute atomic E-state index is 11.6. The lowest BCUT2D eigenvalue weighted by Gasteiger charge is -2.08. The Labute approximate surface area is 125 Å². The van der Waals surface area contributed by atoms with Crippen molar-refractivity contribution in [1.82, 2.24) is 5.32 Å². The first-order valence-corrected chi connectivity index (χ1v) is 6.46. The number of nitrogens with one attached hydrogen (secondary N) is 2. The van der Waals surface area contributed by atoms with E-state index in [0.29, 0.717) is 28.6 Å². The number of carbonyl (C=O) groups is 2. The van der Waals surface area contributed by atoms with Crippen LogP contribution in [-0.2, 0) is 6.54 Å². The van der Waals surface area contributed by atoms with Crippen molar-refractivity contribution in [2.75, 3.05) is 12.4 Å². The molecule has 1 amide bonds. The Kier molecular flexibility index (Phi) is 4.49. The van der Waals surface area contributed by atoms with Crippen LogP contribution < -0.4 is 10.6 Å². The van der Waals surface area contributed by atoms with E-state index >= 15 is 0 Å². The third kappa shape index (κ3) is 3.55. The molecule has 2 aromatic rings. The van der Waals surface area contributed by atoms with Crippen LogP contribution in [0.25, 0.3) is 0 Å². The summed E-state index contributed by atoms with van der Waals surface area (Å²) in [5, 5.41) is 14.7. The minimum atomic E-state index is -1.12. The fourth-order valence-corrected chi connectivity index (χ4v) is 1.92. The molecule has 1 aromatic heterocycles. The molecule has 7 heteroatoms. The minimum Gasteiger partial charge on any atom is -0.475 e. The van der Waals surface area contributed by atoms with Crippen LogP contribution in [0.4, 0.5) is 5.69 Å². The first kappa shape index (κ1) is 14.9. The smallest absolute Gasteiger partial charge is 0.371 e. The van der Waals surface area contributed by atoms with Crippen LogP contribution in [0.3, 0.4) is 0 Å². The van der Waals surface area contributed by atoms with Crippen LogP contribution in [0.15, 0.2) is 34.7 Å². The standard InChI is InChI=1S/C14H13ClN2O4/c1-16-13(18)10-6-8(2-4-11(10)15)17-7-9-3-5-12(21-9)14(19)20/h2-6,17H,7H2,1H3,(H,16,18)(H,19,20). The number of aromatic carboxylic acids is 1. The van der Waals surface area contributed by atoms with E-state index in [-0.39, 0.29) is 11.7 Å². The number of hydrogen-bond acceptors (Lipinski definition) is 4. The molecular weight excluding hydrogens is 296 g/mol. The van der Waals surface area contributed by atoms with E-state index in [9.17, 15) is 9.59 Å². The Morgan fingerprint density at radius 2 is 2.05 bits per heavy atom. The average molecular weight is 309 g/mol. The van der Waals surface area contributed by atoms with Crippen molar-refractivity contribution in [2.45, 2.75) is 6.54 Å². The molecule has 1 aromatic carbocycles. The molecule has 110 valence electrons. The number of hydrogen-bond donors (Lipinski definition) is 3. The van der Waals surface area contributed by atoms with Gasteiger partial charge in [0, 0.05) is 12.7 Å². The number of amides is 1. The molecule has 0 bridgehead atoms. The van der Waals surface area contributed by atoms with Crippen molar-refractivity contribution >= 4 is 29.2 Å². The highest BCUT2D eigenvalue weighted by atomic mass is 35.5. The third-order valence-corrected chi connectivity index (χ3v) is 3.11.